The second-order valence-corrected chi connectivity index (χ2v) is 5.02. The van der Waals surface area contributed by atoms with Gasteiger partial charge >= 0.3 is 0 Å². The molecule has 110 valence electrons. The summed E-state index contributed by atoms with van der Waals surface area (Å²) in [5.41, 5.74) is 1.01. The van der Waals surface area contributed by atoms with Crippen LogP contribution < -0.4 is 0 Å². The predicted molar refractivity (Wildman–Crippen MR) is 77.6 cm³/mol. The maximum absolute atomic E-state index is 12.9. The standard InChI is InChI=1S/C16H22FNO2/c1-4-9-20-12-16(19)11-18(13(2)3)10-14-5-7-15(17)8-6-14/h1,5-8,13,16,19H,9-12H2,2-3H3. The van der Waals surface area contributed by atoms with Gasteiger partial charge in [0, 0.05) is 19.1 Å². The van der Waals surface area contributed by atoms with Gasteiger partial charge in [0.15, 0.2) is 0 Å². The van der Waals surface area contributed by atoms with Crippen molar-refractivity contribution < 1.29 is 14.2 Å². The van der Waals surface area contributed by atoms with Crippen LogP contribution >= 0.6 is 0 Å². The van der Waals surface area contributed by atoms with Crippen LogP contribution in [0.3, 0.4) is 0 Å². The Hall–Kier alpha value is -1.41. The molecule has 0 fully saturated rings. The van der Waals surface area contributed by atoms with Crippen LogP contribution in [0.15, 0.2) is 24.3 Å². The van der Waals surface area contributed by atoms with Gasteiger partial charge in [-0.15, -0.1) is 6.42 Å². The topological polar surface area (TPSA) is 32.7 Å². The average molecular weight is 279 g/mol. The molecule has 0 amide bonds. The van der Waals surface area contributed by atoms with E-state index in [9.17, 15) is 9.50 Å². The van der Waals surface area contributed by atoms with E-state index in [1.807, 2.05) is 0 Å². The van der Waals surface area contributed by atoms with Crippen LogP contribution in [0, 0.1) is 18.2 Å². The monoisotopic (exact) mass is 279 g/mol. The van der Waals surface area contributed by atoms with Gasteiger partial charge in [-0.25, -0.2) is 4.39 Å². The maximum Gasteiger partial charge on any atom is 0.123 e. The fourth-order valence-corrected chi connectivity index (χ4v) is 1.86. The fraction of sp³-hybridized carbons (Fsp3) is 0.500. The first-order valence-electron chi connectivity index (χ1n) is 6.70. The average Bonchev–Trinajstić information content (AvgIpc) is 2.40. The second kappa shape index (κ2) is 8.70. The Morgan fingerprint density at radius 1 is 1.35 bits per heavy atom. The van der Waals surface area contributed by atoms with Gasteiger partial charge in [0.25, 0.3) is 0 Å². The van der Waals surface area contributed by atoms with Gasteiger partial charge in [0.2, 0.25) is 0 Å². The van der Waals surface area contributed by atoms with E-state index in [-0.39, 0.29) is 25.1 Å². The molecule has 4 heteroatoms. The van der Waals surface area contributed by atoms with Crippen molar-refractivity contribution in [2.24, 2.45) is 0 Å². The molecule has 20 heavy (non-hydrogen) atoms. The number of halogens is 1. The van der Waals surface area contributed by atoms with E-state index in [1.165, 1.54) is 12.1 Å². The lowest BCUT2D eigenvalue weighted by molar-refractivity contribution is 0.0192. The summed E-state index contributed by atoms with van der Waals surface area (Å²) >= 11 is 0. The molecule has 0 aliphatic rings. The molecule has 0 aromatic heterocycles. The molecule has 0 heterocycles. The van der Waals surface area contributed by atoms with Gasteiger partial charge in [-0.05, 0) is 31.5 Å². The smallest absolute Gasteiger partial charge is 0.123 e. The molecule has 0 aliphatic heterocycles. The van der Waals surface area contributed by atoms with E-state index in [1.54, 1.807) is 12.1 Å². The van der Waals surface area contributed by atoms with Crippen molar-refractivity contribution in [2.45, 2.75) is 32.5 Å². The molecule has 1 aromatic carbocycles. The van der Waals surface area contributed by atoms with E-state index in [0.29, 0.717) is 13.1 Å². The Kier molecular flexibility index (Phi) is 7.24. The first kappa shape index (κ1) is 16.6. The fourth-order valence-electron chi connectivity index (χ4n) is 1.86. The van der Waals surface area contributed by atoms with Gasteiger partial charge in [-0.1, -0.05) is 18.1 Å². The largest absolute Gasteiger partial charge is 0.389 e. The summed E-state index contributed by atoms with van der Waals surface area (Å²) in [6.07, 6.45) is 4.49. The highest BCUT2D eigenvalue weighted by Gasteiger charge is 2.15. The summed E-state index contributed by atoms with van der Waals surface area (Å²) in [6, 6.07) is 6.67. The summed E-state index contributed by atoms with van der Waals surface area (Å²) < 4.78 is 18.0. The molecule has 1 aromatic rings. The molecule has 1 rings (SSSR count). The number of aliphatic hydroxyl groups excluding tert-OH is 1. The van der Waals surface area contributed by atoms with E-state index in [0.717, 1.165) is 5.56 Å². The zero-order chi connectivity index (χ0) is 15.0. The number of terminal acetylenes is 1. The Morgan fingerprint density at radius 2 is 2.00 bits per heavy atom. The summed E-state index contributed by atoms with van der Waals surface area (Å²) in [5, 5.41) is 9.92. The SMILES string of the molecule is C#CCOCC(O)CN(Cc1ccc(F)cc1)C(C)C. The van der Waals surface area contributed by atoms with E-state index >= 15 is 0 Å². The van der Waals surface area contributed by atoms with Crippen LogP contribution in [0.2, 0.25) is 0 Å². The summed E-state index contributed by atoms with van der Waals surface area (Å²) in [5.74, 6) is 2.12. The van der Waals surface area contributed by atoms with Crippen molar-refractivity contribution >= 4 is 0 Å². The first-order chi connectivity index (χ1) is 9.52. The third-order valence-electron chi connectivity index (χ3n) is 2.97. The van der Waals surface area contributed by atoms with Crippen LogP contribution in [-0.2, 0) is 11.3 Å². The van der Waals surface area contributed by atoms with Crippen molar-refractivity contribution in [2.75, 3.05) is 19.8 Å². The van der Waals surface area contributed by atoms with Crippen LogP contribution in [0.25, 0.3) is 0 Å². The lowest BCUT2D eigenvalue weighted by Crippen LogP contribution is -2.38. The van der Waals surface area contributed by atoms with Gasteiger partial charge in [-0.3, -0.25) is 4.90 Å². The van der Waals surface area contributed by atoms with Gasteiger partial charge in [0.1, 0.15) is 12.4 Å². The Balaban J connectivity index is 2.52. The molecular formula is C16H22FNO2. The number of hydrogen-bond donors (Lipinski definition) is 1. The number of hydrogen-bond acceptors (Lipinski definition) is 3. The number of aliphatic hydroxyl groups is 1. The third kappa shape index (κ3) is 6.16. The maximum atomic E-state index is 12.9. The van der Waals surface area contributed by atoms with Crippen molar-refractivity contribution in [3.8, 4) is 12.3 Å². The zero-order valence-corrected chi connectivity index (χ0v) is 12.1. The molecule has 0 saturated heterocycles. The molecule has 0 aliphatic carbocycles. The number of ether oxygens (including phenoxy) is 1. The second-order valence-electron chi connectivity index (χ2n) is 5.02. The molecule has 1 N–H and O–H groups in total. The summed E-state index contributed by atoms with van der Waals surface area (Å²) in [7, 11) is 0. The van der Waals surface area contributed by atoms with Crippen LogP contribution in [-0.4, -0.2) is 41.9 Å². The minimum absolute atomic E-state index is 0.205. The lowest BCUT2D eigenvalue weighted by Gasteiger charge is -2.28. The Labute approximate surface area is 120 Å². The Bertz CT molecular complexity index is 425. The van der Waals surface area contributed by atoms with Crippen LogP contribution in [0.4, 0.5) is 4.39 Å². The lowest BCUT2D eigenvalue weighted by atomic mass is 10.1. The van der Waals surface area contributed by atoms with Crippen molar-refractivity contribution in [3.63, 3.8) is 0 Å². The highest BCUT2D eigenvalue weighted by Crippen LogP contribution is 2.10. The van der Waals surface area contributed by atoms with Gasteiger partial charge in [-0.2, -0.15) is 0 Å². The van der Waals surface area contributed by atoms with Gasteiger partial charge in [0.05, 0.1) is 12.7 Å². The molecule has 3 nitrogen and oxygen atoms in total. The quantitative estimate of drug-likeness (QED) is 0.584. The van der Waals surface area contributed by atoms with Crippen molar-refractivity contribution in [3.05, 3.63) is 35.6 Å². The number of nitrogens with zero attached hydrogens (tertiary/aromatic N) is 1. The predicted octanol–water partition coefficient (Wildman–Crippen LogP) is 2.05. The van der Waals surface area contributed by atoms with Crippen LogP contribution in [0.5, 0.6) is 0 Å². The third-order valence-corrected chi connectivity index (χ3v) is 2.97. The summed E-state index contributed by atoms with van der Waals surface area (Å²) in [6.45, 7) is 5.67. The molecule has 0 saturated carbocycles. The highest BCUT2D eigenvalue weighted by atomic mass is 19.1. The number of benzene rings is 1. The molecule has 0 bridgehead atoms. The minimum Gasteiger partial charge on any atom is -0.389 e. The molecule has 0 radical (unpaired) electrons. The van der Waals surface area contributed by atoms with Gasteiger partial charge < -0.3 is 9.84 Å². The normalized spacial score (nSPS) is 12.7. The molecule has 0 spiro atoms. The molecule has 1 unspecified atom stereocenters. The summed E-state index contributed by atoms with van der Waals surface area (Å²) in [4.78, 5) is 2.11. The van der Waals surface area contributed by atoms with Crippen LogP contribution in [0.1, 0.15) is 19.4 Å². The van der Waals surface area contributed by atoms with E-state index in [4.69, 9.17) is 11.2 Å². The van der Waals surface area contributed by atoms with E-state index in [2.05, 4.69) is 24.7 Å². The minimum atomic E-state index is -0.591. The molecular weight excluding hydrogens is 257 g/mol. The molecule has 1 atom stereocenters. The number of rotatable bonds is 8. The Morgan fingerprint density at radius 3 is 2.55 bits per heavy atom. The van der Waals surface area contributed by atoms with Crippen molar-refractivity contribution in [1.82, 2.24) is 4.90 Å². The first-order valence-corrected chi connectivity index (χ1v) is 6.70. The van der Waals surface area contributed by atoms with Crippen molar-refractivity contribution in [1.29, 1.82) is 0 Å². The van der Waals surface area contributed by atoms with E-state index < -0.39 is 6.10 Å². The highest BCUT2D eigenvalue weighted by molar-refractivity contribution is 5.16. The zero-order valence-electron chi connectivity index (χ0n) is 12.1.